The lowest BCUT2D eigenvalue weighted by Crippen LogP contribution is -2.31. The Balaban J connectivity index is 3.05. The van der Waals surface area contributed by atoms with Crippen molar-refractivity contribution in [3.8, 4) is 0 Å². The Hall–Kier alpha value is -1.06. The second-order valence-electron chi connectivity index (χ2n) is 2.45. The lowest BCUT2D eigenvalue weighted by atomic mass is 10.2. The van der Waals surface area contributed by atoms with Gasteiger partial charge in [0, 0.05) is 12.1 Å². The van der Waals surface area contributed by atoms with E-state index in [0.29, 0.717) is 17.4 Å². The van der Waals surface area contributed by atoms with Crippen LogP contribution >= 0.6 is 11.6 Å². The van der Waals surface area contributed by atoms with Crippen LogP contribution in [-0.2, 0) is 0 Å². The van der Waals surface area contributed by atoms with Crippen molar-refractivity contribution < 1.29 is 0 Å². The number of nitrogens with two attached hydrogens (primary N) is 1. The Bertz CT molecular complexity index is 309. The van der Waals surface area contributed by atoms with Crippen molar-refractivity contribution in [3.63, 3.8) is 0 Å². The first-order chi connectivity index (χ1) is 6.29. The van der Waals surface area contributed by atoms with Gasteiger partial charge in [-0.15, -0.1) is 0 Å². The van der Waals surface area contributed by atoms with E-state index in [9.17, 15) is 0 Å². The maximum absolute atomic E-state index is 5.96. The third kappa shape index (κ3) is 2.44. The van der Waals surface area contributed by atoms with E-state index in [4.69, 9.17) is 17.4 Å². The van der Waals surface area contributed by atoms with Gasteiger partial charge in [-0.2, -0.15) is 0 Å². The van der Waals surface area contributed by atoms with Crippen LogP contribution in [0, 0.1) is 0 Å². The van der Waals surface area contributed by atoms with E-state index in [-0.39, 0.29) is 0 Å². The first-order valence-corrected chi connectivity index (χ1v) is 4.43. The number of nitrogens with one attached hydrogen (secondary N) is 1. The van der Waals surface area contributed by atoms with Crippen molar-refractivity contribution in [3.05, 3.63) is 34.9 Å². The fourth-order valence-electron chi connectivity index (χ4n) is 1.02. The molecular formula is C9H12ClN3. The number of halogens is 1. The summed E-state index contributed by atoms with van der Waals surface area (Å²) in [7, 11) is 0. The Morgan fingerprint density at radius 2 is 2.23 bits per heavy atom. The number of hydrogen-bond acceptors (Lipinski definition) is 2. The number of rotatable bonds is 2. The Morgan fingerprint density at radius 3 is 2.77 bits per heavy atom. The van der Waals surface area contributed by atoms with Crippen molar-refractivity contribution in [2.24, 2.45) is 10.8 Å². The number of amidine groups is 1. The van der Waals surface area contributed by atoms with Gasteiger partial charge in [-0.25, -0.2) is 5.84 Å². The van der Waals surface area contributed by atoms with Crippen LogP contribution in [0.15, 0.2) is 29.3 Å². The SMILES string of the molecule is CCN=C(NN)c1ccccc1Cl. The van der Waals surface area contributed by atoms with Gasteiger partial charge >= 0.3 is 0 Å². The second kappa shape index (κ2) is 4.84. The predicted octanol–water partition coefficient (Wildman–Crippen LogP) is 1.57. The van der Waals surface area contributed by atoms with Crippen molar-refractivity contribution in [2.75, 3.05) is 6.54 Å². The molecule has 0 bridgehead atoms. The zero-order chi connectivity index (χ0) is 9.68. The van der Waals surface area contributed by atoms with E-state index in [1.807, 2.05) is 25.1 Å². The molecule has 3 nitrogen and oxygen atoms in total. The summed E-state index contributed by atoms with van der Waals surface area (Å²) < 4.78 is 0. The minimum atomic E-state index is 0.619. The summed E-state index contributed by atoms with van der Waals surface area (Å²) >= 11 is 5.96. The van der Waals surface area contributed by atoms with E-state index >= 15 is 0 Å². The molecule has 0 heterocycles. The highest BCUT2D eigenvalue weighted by atomic mass is 35.5. The average molecular weight is 198 g/mol. The van der Waals surface area contributed by atoms with Crippen molar-refractivity contribution in [1.82, 2.24) is 5.43 Å². The summed E-state index contributed by atoms with van der Waals surface area (Å²) in [5, 5.41) is 0.646. The van der Waals surface area contributed by atoms with Gasteiger partial charge in [0.2, 0.25) is 0 Å². The number of hydrogen-bond donors (Lipinski definition) is 2. The molecule has 0 unspecified atom stereocenters. The molecule has 0 aliphatic rings. The predicted molar refractivity (Wildman–Crippen MR) is 55.9 cm³/mol. The molecule has 0 fully saturated rings. The molecule has 1 aromatic carbocycles. The summed E-state index contributed by atoms with van der Waals surface area (Å²) in [5.74, 6) is 5.94. The fraction of sp³-hybridized carbons (Fsp3) is 0.222. The van der Waals surface area contributed by atoms with Crippen LogP contribution in [0.5, 0.6) is 0 Å². The summed E-state index contributed by atoms with van der Waals surface area (Å²) in [5.41, 5.74) is 3.35. The number of benzene rings is 1. The minimum absolute atomic E-state index is 0.619. The zero-order valence-corrected chi connectivity index (χ0v) is 8.17. The Morgan fingerprint density at radius 1 is 1.54 bits per heavy atom. The van der Waals surface area contributed by atoms with Crippen LogP contribution in [0.25, 0.3) is 0 Å². The first-order valence-electron chi connectivity index (χ1n) is 4.05. The van der Waals surface area contributed by atoms with Crippen molar-refractivity contribution in [2.45, 2.75) is 6.92 Å². The molecule has 0 spiro atoms. The number of nitrogens with zero attached hydrogens (tertiary/aromatic N) is 1. The van der Waals surface area contributed by atoms with Gasteiger partial charge in [-0.1, -0.05) is 23.7 Å². The van der Waals surface area contributed by atoms with Crippen molar-refractivity contribution in [1.29, 1.82) is 0 Å². The van der Waals surface area contributed by atoms with E-state index in [2.05, 4.69) is 10.4 Å². The standard InChI is InChI=1S/C9H12ClN3/c1-2-12-9(13-11)7-5-3-4-6-8(7)10/h3-6H,2,11H2,1H3,(H,12,13). The summed E-state index contributed by atoms with van der Waals surface area (Å²) in [6.45, 7) is 2.61. The summed E-state index contributed by atoms with van der Waals surface area (Å²) in [6, 6.07) is 7.44. The van der Waals surface area contributed by atoms with E-state index < -0.39 is 0 Å². The molecule has 1 rings (SSSR count). The van der Waals surface area contributed by atoms with Crippen LogP contribution < -0.4 is 11.3 Å². The molecule has 4 heteroatoms. The maximum Gasteiger partial charge on any atom is 0.144 e. The molecule has 70 valence electrons. The topological polar surface area (TPSA) is 50.4 Å². The molecule has 3 N–H and O–H groups in total. The molecule has 0 radical (unpaired) electrons. The van der Waals surface area contributed by atoms with Gasteiger partial charge in [-0.3, -0.25) is 4.99 Å². The van der Waals surface area contributed by atoms with E-state index in [1.165, 1.54) is 0 Å². The molecule has 0 aromatic heterocycles. The lowest BCUT2D eigenvalue weighted by molar-refractivity contribution is 0.992. The molecule has 0 aliphatic heterocycles. The van der Waals surface area contributed by atoms with Gasteiger partial charge in [0.25, 0.3) is 0 Å². The molecule has 13 heavy (non-hydrogen) atoms. The van der Waals surface area contributed by atoms with Crippen LogP contribution in [-0.4, -0.2) is 12.4 Å². The first kappa shape index (κ1) is 10.0. The lowest BCUT2D eigenvalue weighted by Gasteiger charge is -2.06. The maximum atomic E-state index is 5.96. The van der Waals surface area contributed by atoms with E-state index in [0.717, 1.165) is 5.56 Å². The average Bonchev–Trinajstić information content (AvgIpc) is 2.16. The van der Waals surface area contributed by atoms with Gasteiger partial charge in [0.15, 0.2) is 0 Å². The van der Waals surface area contributed by atoms with Gasteiger partial charge in [0.1, 0.15) is 5.84 Å². The largest absolute Gasteiger partial charge is 0.308 e. The summed E-state index contributed by atoms with van der Waals surface area (Å²) in [6.07, 6.45) is 0. The fourth-order valence-corrected chi connectivity index (χ4v) is 1.25. The van der Waals surface area contributed by atoms with E-state index in [1.54, 1.807) is 6.07 Å². The monoisotopic (exact) mass is 197 g/mol. The van der Waals surface area contributed by atoms with Gasteiger partial charge < -0.3 is 5.43 Å². The number of aliphatic imine (C=N–C) groups is 1. The second-order valence-corrected chi connectivity index (χ2v) is 2.85. The highest BCUT2D eigenvalue weighted by Crippen LogP contribution is 2.14. The Kier molecular flexibility index (Phi) is 3.73. The highest BCUT2D eigenvalue weighted by Gasteiger charge is 2.04. The molecule has 1 aromatic rings. The zero-order valence-electron chi connectivity index (χ0n) is 7.42. The van der Waals surface area contributed by atoms with Gasteiger partial charge in [-0.05, 0) is 19.1 Å². The quantitative estimate of drug-likeness (QED) is 0.327. The molecule has 0 aliphatic carbocycles. The van der Waals surface area contributed by atoms with Crippen molar-refractivity contribution >= 4 is 17.4 Å². The molecule has 0 saturated carbocycles. The minimum Gasteiger partial charge on any atom is -0.308 e. The third-order valence-electron chi connectivity index (χ3n) is 1.58. The summed E-state index contributed by atoms with van der Waals surface area (Å²) in [4.78, 5) is 4.17. The Labute approximate surface area is 82.6 Å². The van der Waals surface area contributed by atoms with Crippen LogP contribution in [0.2, 0.25) is 5.02 Å². The smallest absolute Gasteiger partial charge is 0.144 e. The normalized spacial score (nSPS) is 11.5. The van der Waals surface area contributed by atoms with Crippen LogP contribution in [0.4, 0.5) is 0 Å². The molecule has 0 atom stereocenters. The highest BCUT2D eigenvalue weighted by molar-refractivity contribution is 6.34. The van der Waals surface area contributed by atoms with Crippen LogP contribution in [0.1, 0.15) is 12.5 Å². The molecule has 0 saturated heterocycles. The molecular weight excluding hydrogens is 186 g/mol. The third-order valence-corrected chi connectivity index (χ3v) is 1.91. The number of hydrazine groups is 1. The van der Waals surface area contributed by atoms with Gasteiger partial charge in [0.05, 0.1) is 5.02 Å². The van der Waals surface area contributed by atoms with Crippen LogP contribution in [0.3, 0.4) is 0 Å². The molecule has 0 amide bonds.